The highest BCUT2D eigenvalue weighted by molar-refractivity contribution is 7.80. The van der Waals surface area contributed by atoms with E-state index in [0.29, 0.717) is 10.9 Å². The predicted molar refractivity (Wildman–Crippen MR) is 74.2 cm³/mol. The van der Waals surface area contributed by atoms with Gasteiger partial charge in [0.25, 0.3) is 0 Å². The Hall–Kier alpha value is -0.680. The Morgan fingerprint density at radius 3 is 2.56 bits per heavy atom. The van der Waals surface area contributed by atoms with Gasteiger partial charge in [-0.1, -0.05) is 19.1 Å². The second-order valence-corrected chi connectivity index (χ2v) is 6.24. The molecule has 0 bridgehead atoms. The summed E-state index contributed by atoms with van der Waals surface area (Å²) in [5.74, 6) is 0.558. The normalized spacial score (nSPS) is 39.1. The maximum absolute atomic E-state index is 12.4. The molecule has 2 aliphatic rings. The van der Waals surface area contributed by atoms with Crippen LogP contribution in [0, 0.1) is 11.3 Å². The van der Waals surface area contributed by atoms with Gasteiger partial charge in [0.15, 0.2) is 0 Å². The third kappa shape index (κ3) is 2.38. The minimum absolute atomic E-state index is 0.0230. The summed E-state index contributed by atoms with van der Waals surface area (Å²) in [6.45, 7) is 2.13. The van der Waals surface area contributed by atoms with Crippen molar-refractivity contribution in [3.8, 4) is 0 Å². The van der Waals surface area contributed by atoms with Crippen molar-refractivity contribution in [3.05, 3.63) is 0 Å². The molecule has 2 aliphatic carbocycles. The zero-order valence-corrected chi connectivity index (χ0v) is 11.9. The fraction of sp³-hybridized carbons (Fsp3) is 0.846. The van der Waals surface area contributed by atoms with Crippen LogP contribution >= 0.6 is 12.2 Å². The quantitative estimate of drug-likeness (QED) is 0.757. The number of amides is 1. The van der Waals surface area contributed by atoms with Crippen LogP contribution in [-0.2, 0) is 9.53 Å². The monoisotopic (exact) mass is 270 g/mol. The highest BCUT2D eigenvalue weighted by atomic mass is 32.1. The zero-order chi connectivity index (χ0) is 13.3. The lowest BCUT2D eigenvalue weighted by atomic mass is 9.62. The summed E-state index contributed by atoms with van der Waals surface area (Å²) < 4.78 is 5.31. The van der Waals surface area contributed by atoms with Gasteiger partial charge >= 0.3 is 0 Å². The number of hydrogen-bond donors (Lipinski definition) is 2. The molecule has 0 aliphatic heterocycles. The molecule has 2 atom stereocenters. The van der Waals surface area contributed by atoms with Crippen molar-refractivity contribution in [2.45, 2.75) is 51.2 Å². The van der Waals surface area contributed by atoms with E-state index >= 15 is 0 Å². The Kier molecular flexibility index (Phi) is 3.92. The molecule has 18 heavy (non-hydrogen) atoms. The van der Waals surface area contributed by atoms with Crippen molar-refractivity contribution < 1.29 is 9.53 Å². The van der Waals surface area contributed by atoms with Gasteiger partial charge in [-0.15, -0.1) is 0 Å². The molecule has 2 saturated carbocycles. The Labute approximate surface area is 114 Å². The Bertz CT molecular complexity index is 353. The van der Waals surface area contributed by atoms with Gasteiger partial charge in [0.2, 0.25) is 5.91 Å². The standard InChI is InChI=1S/C13H22N2O2S/c1-8-6-13(7-8,11(14)18)12(16)15-9-3-4-10(5-9)17-2/h8-10H,3-7H2,1-2H3,(H2,14,18)(H,15,16). The summed E-state index contributed by atoms with van der Waals surface area (Å²) in [6.07, 6.45) is 4.73. The number of methoxy groups -OCH3 is 1. The fourth-order valence-corrected chi connectivity index (χ4v) is 3.50. The third-order valence-corrected chi connectivity index (χ3v) is 4.74. The van der Waals surface area contributed by atoms with Gasteiger partial charge in [0.05, 0.1) is 16.5 Å². The first kappa shape index (κ1) is 13.7. The van der Waals surface area contributed by atoms with E-state index in [-0.39, 0.29) is 18.1 Å². The Morgan fingerprint density at radius 2 is 2.11 bits per heavy atom. The van der Waals surface area contributed by atoms with Crippen LogP contribution in [0.15, 0.2) is 0 Å². The largest absolute Gasteiger partial charge is 0.392 e. The van der Waals surface area contributed by atoms with E-state index in [4.69, 9.17) is 22.7 Å². The minimum Gasteiger partial charge on any atom is -0.392 e. The van der Waals surface area contributed by atoms with Crippen LogP contribution in [0.2, 0.25) is 0 Å². The first-order valence-corrected chi connectivity index (χ1v) is 7.02. The number of hydrogen-bond acceptors (Lipinski definition) is 3. The average molecular weight is 270 g/mol. The number of nitrogens with one attached hydrogen (secondary N) is 1. The molecule has 1 amide bonds. The molecule has 0 aromatic carbocycles. The summed E-state index contributed by atoms with van der Waals surface area (Å²) in [6, 6.07) is 0.213. The van der Waals surface area contributed by atoms with Crippen molar-refractivity contribution >= 4 is 23.1 Å². The van der Waals surface area contributed by atoms with E-state index < -0.39 is 5.41 Å². The van der Waals surface area contributed by atoms with Gasteiger partial charge < -0.3 is 15.8 Å². The molecule has 0 aromatic rings. The molecule has 0 heterocycles. The number of carbonyl (C=O) groups is 1. The van der Waals surface area contributed by atoms with Crippen LogP contribution in [0.5, 0.6) is 0 Å². The first-order valence-electron chi connectivity index (χ1n) is 6.61. The van der Waals surface area contributed by atoms with E-state index in [1.807, 2.05) is 0 Å². The molecule has 0 spiro atoms. The van der Waals surface area contributed by atoms with Crippen molar-refractivity contribution in [1.82, 2.24) is 5.32 Å². The topological polar surface area (TPSA) is 64.3 Å². The highest BCUT2D eigenvalue weighted by Gasteiger charge is 2.51. The number of nitrogens with two attached hydrogens (primary N) is 1. The van der Waals surface area contributed by atoms with Gasteiger partial charge in [-0.05, 0) is 38.0 Å². The zero-order valence-electron chi connectivity index (χ0n) is 11.1. The van der Waals surface area contributed by atoms with E-state index in [1.165, 1.54) is 0 Å². The highest BCUT2D eigenvalue weighted by Crippen LogP contribution is 2.46. The second kappa shape index (κ2) is 5.13. The van der Waals surface area contributed by atoms with Crippen LogP contribution < -0.4 is 11.1 Å². The summed E-state index contributed by atoms with van der Waals surface area (Å²) in [5.41, 5.74) is 5.19. The SMILES string of the molecule is COC1CCC(NC(=O)C2(C(N)=S)CC(C)C2)C1. The molecule has 102 valence electrons. The predicted octanol–water partition coefficient (Wildman–Crippen LogP) is 1.37. The van der Waals surface area contributed by atoms with Gasteiger partial charge in [0, 0.05) is 13.2 Å². The minimum atomic E-state index is -0.583. The lowest BCUT2D eigenvalue weighted by Gasteiger charge is -2.44. The van der Waals surface area contributed by atoms with Crippen LogP contribution in [0.3, 0.4) is 0 Å². The van der Waals surface area contributed by atoms with Gasteiger partial charge in [-0.25, -0.2) is 0 Å². The van der Waals surface area contributed by atoms with Crippen LogP contribution in [0.25, 0.3) is 0 Å². The lowest BCUT2D eigenvalue weighted by molar-refractivity contribution is -0.133. The van der Waals surface area contributed by atoms with Gasteiger partial charge in [-0.2, -0.15) is 0 Å². The molecule has 2 fully saturated rings. The number of carbonyl (C=O) groups excluding carboxylic acids is 1. The molecule has 3 N–H and O–H groups in total. The van der Waals surface area contributed by atoms with Crippen molar-refractivity contribution in [2.24, 2.45) is 17.1 Å². The maximum Gasteiger partial charge on any atom is 0.233 e. The molecule has 5 heteroatoms. The summed E-state index contributed by atoms with van der Waals surface area (Å²) >= 11 is 5.09. The number of ether oxygens (including phenoxy) is 1. The van der Waals surface area contributed by atoms with Crippen LogP contribution in [0.1, 0.15) is 39.0 Å². The van der Waals surface area contributed by atoms with Crippen molar-refractivity contribution in [1.29, 1.82) is 0 Å². The summed E-state index contributed by atoms with van der Waals surface area (Å²) in [7, 11) is 1.72. The second-order valence-electron chi connectivity index (χ2n) is 5.80. The van der Waals surface area contributed by atoms with Crippen molar-refractivity contribution in [2.75, 3.05) is 7.11 Å². The fourth-order valence-electron chi connectivity index (χ4n) is 3.24. The van der Waals surface area contributed by atoms with E-state index in [0.717, 1.165) is 32.1 Å². The average Bonchev–Trinajstić information content (AvgIpc) is 2.71. The van der Waals surface area contributed by atoms with Gasteiger partial charge in [-0.3, -0.25) is 4.79 Å². The Morgan fingerprint density at radius 1 is 1.44 bits per heavy atom. The van der Waals surface area contributed by atoms with E-state index in [1.54, 1.807) is 7.11 Å². The molecule has 2 rings (SSSR count). The summed E-state index contributed by atoms with van der Waals surface area (Å²) in [4.78, 5) is 12.7. The van der Waals surface area contributed by atoms with Crippen molar-refractivity contribution in [3.63, 3.8) is 0 Å². The summed E-state index contributed by atoms with van der Waals surface area (Å²) in [5, 5.41) is 3.10. The molecular formula is C13H22N2O2S. The number of rotatable bonds is 4. The molecule has 0 aromatic heterocycles. The molecule has 2 unspecified atom stereocenters. The molecule has 4 nitrogen and oxygen atoms in total. The lowest BCUT2D eigenvalue weighted by Crippen LogP contribution is -2.57. The van der Waals surface area contributed by atoms with Crippen LogP contribution in [0.4, 0.5) is 0 Å². The Balaban J connectivity index is 1.93. The van der Waals surface area contributed by atoms with Gasteiger partial charge in [0.1, 0.15) is 0 Å². The third-order valence-electron chi connectivity index (χ3n) is 4.35. The van der Waals surface area contributed by atoms with Crippen LogP contribution in [-0.4, -0.2) is 30.2 Å². The smallest absolute Gasteiger partial charge is 0.233 e. The van der Waals surface area contributed by atoms with E-state index in [9.17, 15) is 4.79 Å². The van der Waals surface area contributed by atoms with E-state index in [2.05, 4.69) is 12.2 Å². The molecular weight excluding hydrogens is 248 g/mol. The molecule has 0 saturated heterocycles. The molecule has 0 radical (unpaired) electrons. The first-order chi connectivity index (χ1) is 8.48. The maximum atomic E-state index is 12.4. The number of thiocarbonyl (C=S) groups is 1.